The molecule has 0 unspecified atom stereocenters. The predicted octanol–water partition coefficient (Wildman–Crippen LogP) is 5.61. The Bertz CT molecular complexity index is 1130. The Morgan fingerprint density at radius 3 is 2.48 bits per heavy atom. The summed E-state index contributed by atoms with van der Waals surface area (Å²) in [5.74, 6) is -1.18. The van der Waals surface area contributed by atoms with Gasteiger partial charge in [-0.15, -0.1) is 0 Å². The van der Waals surface area contributed by atoms with E-state index in [2.05, 4.69) is 36.2 Å². The number of likely N-dealkylation sites (tertiary alicyclic amines) is 1. The number of nitrogens with zero attached hydrogens (tertiary/aromatic N) is 5. The molecule has 0 aromatic carbocycles. The van der Waals surface area contributed by atoms with E-state index in [-0.39, 0.29) is 23.3 Å². The third-order valence-corrected chi connectivity index (χ3v) is 6.37. The zero-order valence-electron chi connectivity index (χ0n) is 18.5. The average molecular weight is 590 g/mol. The lowest BCUT2D eigenvalue weighted by Gasteiger charge is -2.29. The molecule has 1 aliphatic rings. The molecule has 1 aliphatic heterocycles. The number of aromatic nitrogens is 4. The van der Waals surface area contributed by atoms with Crippen LogP contribution in [0.3, 0.4) is 0 Å². The minimum Gasteiger partial charge on any atom is -0.444 e. The van der Waals surface area contributed by atoms with Gasteiger partial charge in [0.25, 0.3) is 0 Å². The fourth-order valence-electron chi connectivity index (χ4n) is 3.20. The van der Waals surface area contributed by atoms with Crippen LogP contribution in [0.15, 0.2) is 24.7 Å². The third-order valence-electron chi connectivity index (χ3n) is 4.67. The van der Waals surface area contributed by atoms with Gasteiger partial charge in [-0.2, -0.15) is 0 Å². The number of amides is 1. The quantitative estimate of drug-likeness (QED) is 0.388. The summed E-state index contributed by atoms with van der Waals surface area (Å²) < 4.78 is 33.5. The van der Waals surface area contributed by atoms with Gasteiger partial charge in [-0.3, -0.25) is 3.97 Å². The van der Waals surface area contributed by atoms with Gasteiger partial charge in [0.05, 0.1) is 12.4 Å². The molecule has 1 fully saturated rings. The van der Waals surface area contributed by atoms with Crippen LogP contribution in [0.2, 0.25) is 0 Å². The van der Waals surface area contributed by atoms with Gasteiger partial charge < -0.3 is 15.4 Å². The Kier molecular flexibility index (Phi) is 8.32. The number of rotatable bonds is 2. The van der Waals surface area contributed by atoms with Gasteiger partial charge in [0.2, 0.25) is 0 Å². The van der Waals surface area contributed by atoms with Crippen molar-refractivity contribution >= 4 is 53.3 Å². The summed E-state index contributed by atoms with van der Waals surface area (Å²) in [6.45, 7) is 7.41. The van der Waals surface area contributed by atoms with Crippen molar-refractivity contribution in [2.24, 2.45) is 0 Å². The molecule has 4 heterocycles. The van der Waals surface area contributed by atoms with Crippen LogP contribution in [0.25, 0.3) is 22.4 Å². The van der Waals surface area contributed by atoms with Crippen LogP contribution in [-0.2, 0) is 4.74 Å². The van der Waals surface area contributed by atoms with Crippen molar-refractivity contribution in [1.29, 1.82) is 0 Å². The first-order valence-corrected chi connectivity index (χ1v) is 13.6. The topological polar surface area (TPSA) is 99.2 Å². The van der Waals surface area contributed by atoms with Crippen molar-refractivity contribution in [3.05, 3.63) is 36.3 Å². The van der Waals surface area contributed by atoms with Crippen LogP contribution in [0.5, 0.6) is 0 Å². The number of hydrogen-bond donors (Lipinski definition) is 1. The van der Waals surface area contributed by atoms with Crippen molar-refractivity contribution < 1.29 is 18.3 Å². The highest BCUT2D eigenvalue weighted by molar-refractivity contribution is 14.2. The maximum absolute atomic E-state index is 13.4. The summed E-state index contributed by atoms with van der Waals surface area (Å²) >= 11 is 2.08. The van der Waals surface area contributed by atoms with Crippen molar-refractivity contribution in [1.82, 2.24) is 23.8 Å². The van der Waals surface area contributed by atoms with Gasteiger partial charge in [-0.05, 0) is 46.1 Å². The number of carbonyl (C=O) groups is 1. The number of anilines is 1. The molecule has 1 saturated heterocycles. The fraction of sp³-hybridized carbons (Fsp3) is 0.429. The van der Waals surface area contributed by atoms with Crippen molar-refractivity contribution in [3.8, 4) is 11.4 Å². The Labute approximate surface area is 207 Å². The van der Waals surface area contributed by atoms with Crippen molar-refractivity contribution in [2.45, 2.75) is 45.6 Å². The summed E-state index contributed by atoms with van der Waals surface area (Å²) in [5.41, 5.74) is 6.20. The molecule has 0 bridgehead atoms. The standard InChI is InChI=1S/C11H6F2IN5S.C10H19NO2/c12-5-1-6-7(4-19(20-14)11(6)17-2-5)10-16-3-8(13)9(15)18-10;1-10(2,3)13-9(12)11-7-5-4-6-8-11/h1-4H,(H2,15,16,18);4-8H2,1-3H3. The lowest BCUT2D eigenvalue weighted by Crippen LogP contribution is -2.39. The maximum atomic E-state index is 13.4. The lowest BCUT2D eigenvalue weighted by atomic mass is 10.1. The van der Waals surface area contributed by atoms with Crippen LogP contribution in [0.1, 0.15) is 40.0 Å². The Hall–Kier alpha value is -2.22. The molecule has 1 amide bonds. The van der Waals surface area contributed by atoms with E-state index in [0.717, 1.165) is 38.3 Å². The number of nitrogen functional groups attached to an aromatic ring is 1. The molecule has 0 saturated carbocycles. The van der Waals surface area contributed by atoms with E-state index < -0.39 is 11.6 Å². The highest BCUT2D eigenvalue weighted by Crippen LogP contribution is 2.32. The summed E-state index contributed by atoms with van der Waals surface area (Å²) in [6, 6.07) is 1.34. The molecule has 4 rings (SSSR count). The smallest absolute Gasteiger partial charge is 0.410 e. The Balaban J connectivity index is 0.000000205. The van der Waals surface area contributed by atoms with E-state index >= 15 is 0 Å². The van der Waals surface area contributed by atoms with E-state index in [1.807, 2.05) is 20.8 Å². The van der Waals surface area contributed by atoms with Crippen molar-refractivity contribution in [2.75, 3.05) is 18.8 Å². The van der Waals surface area contributed by atoms with Crippen molar-refractivity contribution in [3.63, 3.8) is 0 Å². The first kappa shape index (κ1) is 25.4. The molecule has 3 aromatic heterocycles. The number of hydrogen-bond acceptors (Lipinski definition) is 7. The van der Waals surface area contributed by atoms with E-state index in [1.54, 1.807) is 15.1 Å². The van der Waals surface area contributed by atoms with Crippen LogP contribution in [0, 0.1) is 11.6 Å². The first-order chi connectivity index (χ1) is 15.6. The molecule has 8 nitrogen and oxygen atoms in total. The second-order valence-electron chi connectivity index (χ2n) is 8.42. The number of piperidine rings is 1. The molecule has 0 spiro atoms. The zero-order valence-corrected chi connectivity index (χ0v) is 21.5. The van der Waals surface area contributed by atoms with Crippen LogP contribution in [-0.4, -0.2) is 48.6 Å². The Morgan fingerprint density at radius 2 is 1.88 bits per heavy atom. The lowest BCUT2D eigenvalue weighted by molar-refractivity contribution is 0.0216. The molecular formula is C21H25F2IN6O2S. The summed E-state index contributed by atoms with van der Waals surface area (Å²) in [4.78, 5) is 25.1. The van der Waals surface area contributed by atoms with Gasteiger partial charge in [0.1, 0.15) is 11.4 Å². The van der Waals surface area contributed by atoms with Gasteiger partial charge in [-0.25, -0.2) is 28.5 Å². The molecule has 3 aromatic rings. The minimum absolute atomic E-state index is 0.160. The largest absolute Gasteiger partial charge is 0.444 e. The predicted molar refractivity (Wildman–Crippen MR) is 134 cm³/mol. The van der Waals surface area contributed by atoms with Crippen LogP contribution >= 0.6 is 30.3 Å². The maximum Gasteiger partial charge on any atom is 0.410 e. The molecule has 2 N–H and O–H groups in total. The van der Waals surface area contributed by atoms with Gasteiger partial charge in [-0.1, -0.05) is 0 Å². The monoisotopic (exact) mass is 590 g/mol. The van der Waals surface area contributed by atoms with Gasteiger partial charge >= 0.3 is 6.09 Å². The molecule has 0 radical (unpaired) electrons. The van der Waals surface area contributed by atoms with Gasteiger partial charge in [0, 0.05) is 60.6 Å². The zero-order chi connectivity index (χ0) is 24.2. The summed E-state index contributed by atoms with van der Waals surface area (Å²) in [7, 11) is 1.37. The number of fused-ring (bicyclic) bond motifs is 1. The third kappa shape index (κ3) is 6.65. The molecule has 0 atom stereocenters. The summed E-state index contributed by atoms with van der Waals surface area (Å²) in [6.07, 6.45) is 7.13. The molecule has 12 heteroatoms. The molecule has 33 heavy (non-hydrogen) atoms. The number of ether oxygens (including phenoxy) is 1. The van der Waals surface area contributed by atoms with E-state index in [1.165, 1.54) is 21.6 Å². The highest BCUT2D eigenvalue weighted by Gasteiger charge is 2.23. The fourth-order valence-corrected chi connectivity index (χ4v) is 4.45. The number of pyridine rings is 1. The average Bonchev–Trinajstić information content (AvgIpc) is 3.13. The minimum atomic E-state index is -0.690. The summed E-state index contributed by atoms with van der Waals surface area (Å²) in [5, 5.41) is 0.542. The second kappa shape index (κ2) is 10.8. The Morgan fingerprint density at radius 1 is 1.18 bits per heavy atom. The normalized spacial score (nSPS) is 14.1. The molecule has 178 valence electrons. The number of carbonyl (C=O) groups excluding carboxylic acids is 1. The van der Waals surface area contributed by atoms with Gasteiger partial charge in [0.15, 0.2) is 23.1 Å². The first-order valence-electron chi connectivity index (χ1n) is 10.3. The van der Waals surface area contributed by atoms with E-state index in [9.17, 15) is 13.6 Å². The second-order valence-corrected chi connectivity index (χ2v) is 10.1. The molecule has 0 aliphatic carbocycles. The SMILES string of the molecule is CC(C)(C)OC(=O)N1CCCCC1.Nc1nc(-c2cn(SI)c3ncc(F)cc23)ncc1F. The number of halogens is 3. The van der Waals surface area contributed by atoms with Crippen LogP contribution < -0.4 is 5.73 Å². The van der Waals surface area contributed by atoms with E-state index in [0.29, 0.717) is 16.6 Å². The molecular weight excluding hydrogens is 565 g/mol. The van der Waals surface area contributed by atoms with E-state index in [4.69, 9.17) is 10.5 Å². The van der Waals surface area contributed by atoms with Crippen LogP contribution in [0.4, 0.5) is 19.4 Å². The number of nitrogens with two attached hydrogens (primary N) is 1. The highest BCUT2D eigenvalue weighted by atomic mass is 127.